The van der Waals surface area contributed by atoms with Gasteiger partial charge in [-0.2, -0.15) is 0 Å². The Kier molecular flexibility index (Phi) is 4.01. The lowest BCUT2D eigenvalue weighted by Gasteiger charge is -2.08. The molecule has 2 aromatic rings. The van der Waals surface area contributed by atoms with Crippen molar-refractivity contribution in [3.63, 3.8) is 0 Å². The fourth-order valence-corrected chi connectivity index (χ4v) is 1.79. The van der Waals surface area contributed by atoms with Crippen molar-refractivity contribution in [1.29, 1.82) is 0 Å². The number of hydrogen-bond acceptors (Lipinski definition) is 3. The van der Waals surface area contributed by atoms with E-state index in [9.17, 15) is 9.18 Å². The van der Waals surface area contributed by atoms with E-state index in [0.717, 1.165) is 0 Å². The van der Waals surface area contributed by atoms with Crippen molar-refractivity contribution in [3.8, 4) is 11.6 Å². The second kappa shape index (κ2) is 5.54. The minimum atomic E-state index is -1.24. The predicted molar refractivity (Wildman–Crippen MR) is 70.4 cm³/mol. The van der Waals surface area contributed by atoms with E-state index in [1.54, 1.807) is 6.07 Å². The van der Waals surface area contributed by atoms with Crippen LogP contribution in [0.25, 0.3) is 0 Å². The van der Waals surface area contributed by atoms with Crippen LogP contribution in [-0.4, -0.2) is 16.1 Å². The van der Waals surface area contributed by atoms with E-state index >= 15 is 0 Å². The van der Waals surface area contributed by atoms with Crippen LogP contribution in [0.5, 0.6) is 11.6 Å². The lowest BCUT2D eigenvalue weighted by Crippen LogP contribution is -2.02. The van der Waals surface area contributed by atoms with Gasteiger partial charge < -0.3 is 9.84 Å². The Labute approximate surface area is 120 Å². The maximum absolute atomic E-state index is 13.6. The van der Waals surface area contributed by atoms with Crippen LogP contribution >= 0.6 is 27.5 Å². The van der Waals surface area contributed by atoms with Crippen molar-refractivity contribution in [1.82, 2.24) is 4.98 Å². The standard InChI is InChI=1S/C12H6BrClFNO3/c13-6-1-3-9(8(15)5-6)19-11-7(12(17)18)2-4-10(14)16-11/h1-5H,(H,17,18). The van der Waals surface area contributed by atoms with E-state index in [0.29, 0.717) is 4.47 Å². The van der Waals surface area contributed by atoms with Gasteiger partial charge in [0.05, 0.1) is 0 Å². The van der Waals surface area contributed by atoms with Gasteiger partial charge >= 0.3 is 5.97 Å². The number of pyridine rings is 1. The molecule has 1 aromatic carbocycles. The highest BCUT2D eigenvalue weighted by Gasteiger charge is 2.16. The average molecular weight is 347 g/mol. The third kappa shape index (κ3) is 3.21. The van der Waals surface area contributed by atoms with Crippen molar-refractivity contribution >= 4 is 33.5 Å². The van der Waals surface area contributed by atoms with E-state index in [1.165, 1.54) is 24.3 Å². The fourth-order valence-electron chi connectivity index (χ4n) is 1.32. The molecular formula is C12H6BrClFNO3. The number of carboxylic acids is 1. The summed E-state index contributed by atoms with van der Waals surface area (Å²) in [6, 6.07) is 6.66. The van der Waals surface area contributed by atoms with E-state index < -0.39 is 11.8 Å². The Morgan fingerprint density at radius 3 is 2.74 bits per heavy atom. The first-order valence-corrected chi connectivity index (χ1v) is 6.17. The van der Waals surface area contributed by atoms with Crippen LogP contribution in [0.3, 0.4) is 0 Å². The highest BCUT2D eigenvalue weighted by molar-refractivity contribution is 9.10. The Bertz CT molecular complexity index is 651. The predicted octanol–water partition coefficient (Wildman–Crippen LogP) is 4.13. The monoisotopic (exact) mass is 345 g/mol. The molecule has 0 bridgehead atoms. The lowest BCUT2D eigenvalue weighted by atomic mass is 10.2. The summed E-state index contributed by atoms with van der Waals surface area (Å²) in [4.78, 5) is 14.7. The summed E-state index contributed by atoms with van der Waals surface area (Å²) in [5.74, 6) is -2.29. The second-order valence-corrected chi connectivity index (χ2v) is 4.77. The summed E-state index contributed by atoms with van der Waals surface area (Å²) in [5.41, 5.74) is -0.202. The van der Waals surface area contributed by atoms with E-state index in [-0.39, 0.29) is 22.3 Å². The summed E-state index contributed by atoms with van der Waals surface area (Å²) in [6.45, 7) is 0. The molecule has 0 amide bonds. The Morgan fingerprint density at radius 1 is 1.37 bits per heavy atom. The minimum absolute atomic E-state index is 0.0533. The summed E-state index contributed by atoms with van der Waals surface area (Å²) in [7, 11) is 0. The highest BCUT2D eigenvalue weighted by Crippen LogP contribution is 2.28. The van der Waals surface area contributed by atoms with Crippen molar-refractivity contribution in [3.05, 3.63) is 51.3 Å². The van der Waals surface area contributed by atoms with E-state index in [4.69, 9.17) is 21.4 Å². The molecule has 0 aliphatic heterocycles. The Morgan fingerprint density at radius 2 is 2.11 bits per heavy atom. The molecule has 7 heteroatoms. The van der Waals surface area contributed by atoms with Gasteiger partial charge in [0.1, 0.15) is 10.7 Å². The molecule has 2 rings (SSSR count). The van der Waals surface area contributed by atoms with Gasteiger partial charge in [0, 0.05) is 4.47 Å². The number of aromatic nitrogens is 1. The molecule has 0 saturated carbocycles. The molecule has 0 atom stereocenters. The summed E-state index contributed by atoms with van der Waals surface area (Å²) in [5, 5.41) is 9.04. The number of hydrogen-bond donors (Lipinski definition) is 1. The Hall–Kier alpha value is -1.66. The molecule has 0 radical (unpaired) electrons. The van der Waals surface area contributed by atoms with Gasteiger partial charge in [-0.1, -0.05) is 27.5 Å². The molecule has 1 aromatic heterocycles. The SMILES string of the molecule is O=C(O)c1ccc(Cl)nc1Oc1ccc(Br)cc1F. The van der Waals surface area contributed by atoms with Crippen molar-refractivity contribution in [2.45, 2.75) is 0 Å². The summed E-state index contributed by atoms with van der Waals surface area (Å²) in [6.07, 6.45) is 0. The van der Waals surface area contributed by atoms with Gasteiger partial charge in [0.15, 0.2) is 11.6 Å². The summed E-state index contributed by atoms with van der Waals surface area (Å²) < 4.78 is 19.3. The first-order valence-electron chi connectivity index (χ1n) is 5.00. The van der Waals surface area contributed by atoms with E-state index in [2.05, 4.69) is 20.9 Å². The molecule has 0 spiro atoms. The molecule has 0 fully saturated rings. The molecule has 0 aliphatic carbocycles. The zero-order valence-corrected chi connectivity index (χ0v) is 11.6. The number of rotatable bonds is 3. The highest BCUT2D eigenvalue weighted by atomic mass is 79.9. The number of ether oxygens (including phenoxy) is 1. The number of nitrogens with zero attached hydrogens (tertiary/aromatic N) is 1. The van der Waals surface area contributed by atoms with Crippen molar-refractivity contribution in [2.24, 2.45) is 0 Å². The van der Waals surface area contributed by atoms with Crippen LogP contribution in [0.4, 0.5) is 4.39 Å². The number of carbonyl (C=O) groups is 1. The first-order chi connectivity index (χ1) is 8.97. The molecule has 4 nitrogen and oxygen atoms in total. The smallest absolute Gasteiger partial charge is 0.341 e. The zero-order valence-electron chi connectivity index (χ0n) is 9.23. The van der Waals surface area contributed by atoms with Crippen LogP contribution in [0.2, 0.25) is 5.15 Å². The van der Waals surface area contributed by atoms with Gasteiger partial charge in [-0.25, -0.2) is 14.2 Å². The largest absolute Gasteiger partial charge is 0.477 e. The van der Waals surface area contributed by atoms with Gasteiger partial charge in [-0.3, -0.25) is 0 Å². The minimum Gasteiger partial charge on any atom is -0.477 e. The normalized spacial score (nSPS) is 10.3. The molecule has 19 heavy (non-hydrogen) atoms. The van der Waals surface area contributed by atoms with Crippen LogP contribution < -0.4 is 4.74 Å². The quantitative estimate of drug-likeness (QED) is 0.849. The second-order valence-electron chi connectivity index (χ2n) is 3.47. The maximum Gasteiger partial charge on any atom is 0.341 e. The summed E-state index contributed by atoms with van der Waals surface area (Å²) >= 11 is 8.77. The average Bonchev–Trinajstić information content (AvgIpc) is 2.32. The van der Waals surface area contributed by atoms with Crippen LogP contribution in [0.1, 0.15) is 10.4 Å². The molecule has 0 saturated heterocycles. The molecule has 1 N–H and O–H groups in total. The third-order valence-corrected chi connectivity index (χ3v) is 2.86. The number of benzene rings is 1. The zero-order chi connectivity index (χ0) is 14.0. The van der Waals surface area contributed by atoms with Gasteiger partial charge in [-0.15, -0.1) is 0 Å². The number of carboxylic acid groups (broad SMARTS) is 1. The molecule has 0 aliphatic rings. The van der Waals surface area contributed by atoms with Crippen LogP contribution in [0, 0.1) is 5.82 Å². The number of aromatic carboxylic acids is 1. The molecule has 98 valence electrons. The van der Waals surface area contributed by atoms with E-state index in [1.807, 2.05) is 0 Å². The topological polar surface area (TPSA) is 59.4 Å². The van der Waals surface area contributed by atoms with Gasteiger partial charge in [0.2, 0.25) is 5.88 Å². The number of halogens is 3. The molecule has 1 heterocycles. The van der Waals surface area contributed by atoms with Gasteiger partial charge in [-0.05, 0) is 30.3 Å². The fraction of sp³-hybridized carbons (Fsp3) is 0. The molecular weight excluding hydrogens is 340 g/mol. The maximum atomic E-state index is 13.6. The third-order valence-electron chi connectivity index (χ3n) is 2.16. The van der Waals surface area contributed by atoms with Crippen molar-refractivity contribution in [2.75, 3.05) is 0 Å². The van der Waals surface area contributed by atoms with Gasteiger partial charge in [0.25, 0.3) is 0 Å². The van der Waals surface area contributed by atoms with Crippen LogP contribution in [-0.2, 0) is 0 Å². The van der Waals surface area contributed by atoms with Crippen molar-refractivity contribution < 1.29 is 19.0 Å². The Balaban J connectivity index is 2.42. The lowest BCUT2D eigenvalue weighted by molar-refractivity contribution is 0.0693. The molecule has 0 unspecified atom stereocenters. The first kappa shape index (κ1) is 13.8. The van der Waals surface area contributed by atoms with Crippen LogP contribution in [0.15, 0.2) is 34.8 Å².